The molecular weight excluding hydrogens is 166 g/mol. The van der Waals surface area contributed by atoms with Crippen molar-refractivity contribution in [3.05, 3.63) is 10.1 Å². The zero-order chi connectivity index (χ0) is 6.57. The van der Waals surface area contributed by atoms with Gasteiger partial charge in [0.05, 0.1) is 0 Å². The largest absolute Gasteiger partial charge is 0.308 e. The molecule has 8 heavy (non-hydrogen) atoms. The van der Waals surface area contributed by atoms with Crippen molar-refractivity contribution in [3.8, 4) is 0 Å². The first kappa shape index (κ1) is 7.89. The van der Waals surface area contributed by atoms with Crippen LogP contribution < -0.4 is 0 Å². The molecule has 0 saturated carbocycles. The van der Waals surface area contributed by atoms with Crippen LogP contribution in [0.25, 0.3) is 0 Å². The molecule has 0 fully saturated rings. The molecule has 0 aliphatic heterocycles. The molecule has 0 saturated heterocycles. The lowest BCUT2D eigenvalue weighted by Crippen LogP contribution is -1.77. The first-order chi connectivity index (χ1) is 3.72. The Kier molecular flexibility index (Phi) is 3.79. The van der Waals surface area contributed by atoms with E-state index in [1.165, 1.54) is 11.8 Å². The molecule has 0 aromatic carbocycles. The van der Waals surface area contributed by atoms with E-state index in [0.717, 1.165) is 10.9 Å². The molecule has 1 nitrogen and oxygen atoms in total. The van der Waals surface area contributed by atoms with Gasteiger partial charge < -0.3 is 5.41 Å². The van der Waals surface area contributed by atoms with Crippen molar-refractivity contribution in [2.24, 2.45) is 0 Å². The van der Waals surface area contributed by atoms with Crippen LogP contribution in [0.4, 0.5) is 0 Å². The van der Waals surface area contributed by atoms with Crippen molar-refractivity contribution >= 4 is 22.1 Å². The van der Waals surface area contributed by atoms with Crippen LogP contribution in [0.3, 0.4) is 0 Å². The Morgan fingerprint density at radius 2 is 2.25 bits per heavy atom. The van der Waals surface area contributed by atoms with Gasteiger partial charge in [-0.2, -0.15) is 0 Å². The lowest BCUT2D eigenvalue weighted by Gasteiger charge is -1.93. The van der Waals surface area contributed by atoms with E-state index < -0.39 is 0 Å². The molecule has 46 valence electrons. The molecular formula is C6H10BrN. The summed E-state index contributed by atoms with van der Waals surface area (Å²) in [7, 11) is 0. The van der Waals surface area contributed by atoms with Gasteiger partial charge in [-0.15, -0.1) is 0 Å². The van der Waals surface area contributed by atoms with E-state index in [1.807, 2.05) is 6.92 Å². The lowest BCUT2D eigenvalue weighted by atomic mass is 10.2. The summed E-state index contributed by atoms with van der Waals surface area (Å²) in [6.45, 7) is 4.08. The number of allylic oxidation sites excluding steroid dienone is 2. The number of hydrogen-bond donors (Lipinski definition) is 1. The summed E-state index contributed by atoms with van der Waals surface area (Å²) in [6, 6.07) is 0. The Labute approximate surface area is 58.4 Å². The van der Waals surface area contributed by atoms with E-state index in [-0.39, 0.29) is 0 Å². The predicted molar refractivity (Wildman–Crippen MR) is 40.7 cm³/mol. The van der Waals surface area contributed by atoms with Crippen molar-refractivity contribution < 1.29 is 0 Å². The third kappa shape index (κ3) is 2.26. The van der Waals surface area contributed by atoms with E-state index >= 15 is 0 Å². The maximum absolute atomic E-state index is 6.81. The van der Waals surface area contributed by atoms with Crippen LogP contribution in [-0.2, 0) is 0 Å². The van der Waals surface area contributed by atoms with Crippen LogP contribution in [0.2, 0.25) is 0 Å². The topological polar surface area (TPSA) is 23.9 Å². The van der Waals surface area contributed by atoms with E-state index in [4.69, 9.17) is 5.41 Å². The third-order valence-electron chi connectivity index (χ3n) is 1.06. The Hall–Kier alpha value is -0.110. The monoisotopic (exact) mass is 175 g/mol. The van der Waals surface area contributed by atoms with Crippen LogP contribution in [0, 0.1) is 5.41 Å². The second-order valence-corrected chi connectivity index (χ2v) is 2.48. The van der Waals surface area contributed by atoms with Crippen molar-refractivity contribution in [1.82, 2.24) is 0 Å². The summed E-state index contributed by atoms with van der Waals surface area (Å²) < 4.78 is 0.903. The quantitative estimate of drug-likeness (QED) is 0.625. The second-order valence-electron chi connectivity index (χ2n) is 1.63. The first-order valence-electron chi connectivity index (χ1n) is 2.58. The van der Waals surface area contributed by atoms with Gasteiger partial charge in [-0.3, -0.25) is 0 Å². The summed E-state index contributed by atoms with van der Waals surface area (Å²) in [4.78, 5) is 0. The van der Waals surface area contributed by atoms with Crippen molar-refractivity contribution in [2.45, 2.75) is 20.3 Å². The Balaban J connectivity index is 4.03. The minimum Gasteiger partial charge on any atom is -0.308 e. The molecule has 0 bridgehead atoms. The minimum atomic E-state index is 0.903. The van der Waals surface area contributed by atoms with E-state index in [9.17, 15) is 0 Å². The van der Waals surface area contributed by atoms with Gasteiger partial charge in [0.1, 0.15) is 0 Å². The van der Waals surface area contributed by atoms with Crippen molar-refractivity contribution in [2.75, 3.05) is 0 Å². The molecule has 0 aromatic rings. The third-order valence-corrected chi connectivity index (χ3v) is 1.97. The summed E-state index contributed by atoms with van der Waals surface area (Å²) in [5.41, 5.74) is 1.22. The van der Waals surface area contributed by atoms with Crippen molar-refractivity contribution in [1.29, 1.82) is 5.41 Å². The summed E-state index contributed by atoms with van der Waals surface area (Å²) in [5, 5.41) is 6.81. The molecule has 0 unspecified atom stereocenters. The van der Waals surface area contributed by atoms with E-state index in [1.54, 1.807) is 0 Å². The summed E-state index contributed by atoms with van der Waals surface area (Å²) in [6.07, 6.45) is 2.33. The van der Waals surface area contributed by atoms with Gasteiger partial charge in [-0.05, 0) is 29.3 Å². The van der Waals surface area contributed by atoms with E-state index in [2.05, 4.69) is 22.9 Å². The standard InChI is InChI=1S/C6H10BrN/c1-3-5(2)6(7)4-8/h4,8H,3H2,1-2H3/b6-5-,8-4?. The molecule has 0 rings (SSSR count). The summed E-state index contributed by atoms with van der Waals surface area (Å²) >= 11 is 3.24. The minimum absolute atomic E-state index is 0.903. The fourth-order valence-electron chi connectivity index (χ4n) is 0.292. The fourth-order valence-corrected chi connectivity index (χ4v) is 0.572. The Morgan fingerprint density at radius 1 is 1.75 bits per heavy atom. The number of halogens is 1. The van der Waals surface area contributed by atoms with Crippen LogP contribution >= 0.6 is 15.9 Å². The normalized spacial score (nSPS) is 12.9. The molecule has 0 heterocycles. The highest BCUT2D eigenvalue weighted by Crippen LogP contribution is 2.10. The SMILES string of the molecule is CC/C(C)=C(\Br)C=N. The highest BCUT2D eigenvalue weighted by atomic mass is 79.9. The van der Waals surface area contributed by atoms with Crippen LogP contribution in [0.1, 0.15) is 20.3 Å². The van der Waals surface area contributed by atoms with Crippen LogP contribution in [-0.4, -0.2) is 6.21 Å². The number of hydrogen-bond acceptors (Lipinski definition) is 1. The molecule has 0 radical (unpaired) electrons. The average Bonchev–Trinajstić information content (AvgIpc) is 1.84. The molecule has 2 heteroatoms. The maximum Gasteiger partial charge on any atom is 0.0340 e. The second kappa shape index (κ2) is 3.84. The molecule has 1 N–H and O–H groups in total. The van der Waals surface area contributed by atoms with E-state index in [0.29, 0.717) is 0 Å². The Morgan fingerprint density at radius 3 is 2.38 bits per heavy atom. The highest BCUT2D eigenvalue weighted by molar-refractivity contribution is 9.12. The first-order valence-corrected chi connectivity index (χ1v) is 3.37. The zero-order valence-corrected chi connectivity index (χ0v) is 6.75. The summed E-state index contributed by atoms with van der Waals surface area (Å²) in [5.74, 6) is 0. The molecule has 0 amide bonds. The molecule has 0 atom stereocenters. The molecule has 0 aromatic heterocycles. The Bertz CT molecular complexity index is 116. The van der Waals surface area contributed by atoms with Gasteiger partial charge in [0.2, 0.25) is 0 Å². The fraction of sp³-hybridized carbons (Fsp3) is 0.500. The molecule has 0 aliphatic carbocycles. The van der Waals surface area contributed by atoms with Crippen molar-refractivity contribution in [3.63, 3.8) is 0 Å². The number of rotatable bonds is 2. The predicted octanol–water partition coefficient (Wildman–Crippen LogP) is 2.71. The van der Waals surface area contributed by atoms with Gasteiger partial charge in [0, 0.05) is 10.7 Å². The average molecular weight is 176 g/mol. The lowest BCUT2D eigenvalue weighted by molar-refractivity contribution is 1.10. The highest BCUT2D eigenvalue weighted by Gasteiger charge is 1.88. The van der Waals surface area contributed by atoms with Gasteiger partial charge >= 0.3 is 0 Å². The number of nitrogens with one attached hydrogen (secondary N) is 1. The van der Waals surface area contributed by atoms with Gasteiger partial charge in [0.15, 0.2) is 0 Å². The van der Waals surface area contributed by atoms with Gasteiger partial charge in [0.25, 0.3) is 0 Å². The van der Waals surface area contributed by atoms with Gasteiger partial charge in [-0.25, -0.2) is 0 Å². The molecule has 0 spiro atoms. The zero-order valence-electron chi connectivity index (χ0n) is 5.16. The smallest absolute Gasteiger partial charge is 0.0340 e. The maximum atomic E-state index is 6.81. The van der Waals surface area contributed by atoms with Gasteiger partial charge in [-0.1, -0.05) is 12.5 Å². The van der Waals surface area contributed by atoms with Crippen LogP contribution in [0.5, 0.6) is 0 Å². The molecule has 0 aliphatic rings. The van der Waals surface area contributed by atoms with Crippen LogP contribution in [0.15, 0.2) is 10.1 Å².